The van der Waals surface area contributed by atoms with E-state index in [0.29, 0.717) is 24.3 Å². The van der Waals surface area contributed by atoms with E-state index >= 15 is 0 Å². The third-order valence-electron chi connectivity index (χ3n) is 2.50. The molecule has 0 spiro atoms. The van der Waals surface area contributed by atoms with Crippen LogP contribution in [0.5, 0.6) is 0 Å². The summed E-state index contributed by atoms with van der Waals surface area (Å²) in [4.78, 5) is 12.1. The van der Waals surface area contributed by atoms with E-state index < -0.39 is 0 Å². The van der Waals surface area contributed by atoms with Crippen molar-refractivity contribution in [3.63, 3.8) is 0 Å². The van der Waals surface area contributed by atoms with E-state index in [2.05, 4.69) is 17.2 Å². The predicted octanol–water partition coefficient (Wildman–Crippen LogP) is 1.15. The lowest BCUT2D eigenvalue weighted by atomic mass is 10.1. The number of ether oxygens (including phenoxy) is 1. The van der Waals surface area contributed by atoms with Gasteiger partial charge in [0.15, 0.2) is 0 Å². The van der Waals surface area contributed by atoms with E-state index in [1.54, 1.807) is 6.07 Å². The van der Waals surface area contributed by atoms with E-state index in [4.69, 9.17) is 10.5 Å². The fraction of sp³-hybridized carbons (Fsp3) is 0.400. The minimum Gasteiger partial charge on any atom is -0.377 e. The van der Waals surface area contributed by atoms with Crippen molar-refractivity contribution in [1.29, 1.82) is 0 Å². The van der Waals surface area contributed by atoms with E-state index in [1.165, 1.54) is 0 Å². The highest BCUT2D eigenvalue weighted by atomic mass is 16.5. The van der Waals surface area contributed by atoms with Gasteiger partial charge in [-0.15, -0.1) is 0 Å². The summed E-state index contributed by atoms with van der Waals surface area (Å²) in [5, 5.41) is 2.84. The minimum absolute atomic E-state index is 0.00348. The van der Waals surface area contributed by atoms with Crippen LogP contribution in [0.4, 0.5) is 0 Å². The first-order valence-corrected chi connectivity index (χ1v) is 6.36. The van der Waals surface area contributed by atoms with Crippen LogP contribution in [0, 0.1) is 11.8 Å². The fourth-order valence-corrected chi connectivity index (χ4v) is 1.61. The molecule has 1 aromatic carbocycles. The molecule has 1 rings (SSSR count). The van der Waals surface area contributed by atoms with E-state index in [0.717, 1.165) is 0 Å². The zero-order valence-electron chi connectivity index (χ0n) is 11.4. The summed E-state index contributed by atoms with van der Waals surface area (Å²) >= 11 is 0. The van der Waals surface area contributed by atoms with Crippen LogP contribution >= 0.6 is 0 Å². The number of carbonyl (C=O) groups excluding carboxylic acids is 1. The van der Waals surface area contributed by atoms with Crippen LogP contribution in [-0.2, 0) is 4.74 Å². The van der Waals surface area contributed by atoms with Crippen molar-refractivity contribution in [2.75, 3.05) is 19.7 Å². The number of nitrogens with two attached hydrogens (primary N) is 1. The van der Waals surface area contributed by atoms with Gasteiger partial charge in [0.25, 0.3) is 5.91 Å². The molecule has 0 aliphatic carbocycles. The molecule has 0 fully saturated rings. The summed E-state index contributed by atoms with van der Waals surface area (Å²) < 4.78 is 5.36. The number of amides is 1. The van der Waals surface area contributed by atoms with Gasteiger partial charge in [-0.25, -0.2) is 0 Å². The van der Waals surface area contributed by atoms with Gasteiger partial charge in [0, 0.05) is 18.7 Å². The predicted molar refractivity (Wildman–Crippen MR) is 75.8 cm³/mol. The van der Waals surface area contributed by atoms with Crippen LogP contribution in [-0.4, -0.2) is 31.7 Å². The van der Waals surface area contributed by atoms with Crippen LogP contribution in [0.15, 0.2) is 24.3 Å². The van der Waals surface area contributed by atoms with Crippen molar-refractivity contribution in [1.82, 2.24) is 5.32 Å². The quantitative estimate of drug-likeness (QED) is 0.781. The van der Waals surface area contributed by atoms with Crippen molar-refractivity contribution < 1.29 is 9.53 Å². The van der Waals surface area contributed by atoms with Crippen LogP contribution in [0.1, 0.15) is 29.8 Å². The molecular formula is C15H20N2O2. The number of benzene rings is 1. The molecule has 4 nitrogen and oxygen atoms in total. The van der Waals surface area contributed by atoms with Gasteiger partial charge in [0.2, 0.25) is 0 Å². The van der Waals surface area contributed by atoms with Crippen molar-refractivity contribution in [3.05, 3.63) is 35.4 Å². The molecule has 3 N–H and O–H groups in total. The van der Waals surface area contributed by atoms with Crippen molar-refractivity contribution in [3.8, 4) is 11.8 Å². The third-order valence-corrected chi connectivity index (χ3v) is 2.50. The highest BCUT2D eigenvalue weighted by Crippen LogP contribution is 2.07. The monoisotopic (exact) mass is 260 g/mol. The van der Waals surface area contributed by atoms with Gasteiger partial charge in [-0.1, -0.05) is 24.0 Å². The van der Waals surface area contributed by atoms with E-state index in [1.807, 2.05) is 32.0 Å². The summed E-state index contributed by atoms with van der Waals surface area (Å²) in [6, 6.07) is 7.22. The highest BCUT2D eigenvalue weighted by molar-refractivity contribution is 5.96. The van der Waals surface area contributed by atoms with Crippen molar-refractivity contribution in [2.24, 2.45) is 5.73 Å². The summed E-state index contributed by atoms with van der Waals surface area (Å²) in [5.74, 6) is 5.51. The standard InChI is InChI=1S/C15H20N2O2/c1-3-19-12(2)11-17-15(18)14-9-5-4-7-13(14)8-6-10-16/h4-5,7,9,12H,3,10-11,16H2,1-2H3,(H,17,18). The number of nitrogens with one attached hydrogen (secondary N) is 1. The molecule has 1 atom stereocenters. The number of hydrogen-bond donors (Lipinski definition) is 2. The maximum Gasteiger partial charge on any atom is 0.252 e. The molecule has 19 heavy (non-hydrogen) atoms. The fourth-order valence-electron chi connectivity index (χ4n) is 1.61. The molecular weight excluding hydrogens is 240 g/mol. The second-order valence-corrected chi connectivity index (χ2v) is 4.03. The molecule has 102 valence electrons. The molecule has 0 aliphatic rings. The van der Waals surface area contributed by atoms with Crippen LogP contribution in [0.3, 0.4) is 0 Å². The van der Waals surface area contributed by atoms with Crippen molar-refractivity contribution >= 4 is 5.91 Å². The first-order valence-electron chi connectivity index (χ1n) is 6.36. The van der Waals surface area contributed by atoms with Gasteiger partial charge in [0.05, 0.1) is 18.2 Å². The second kappa shape index (κ2) is 8.30. The zero-order chi connectivity index (χ0) is 14.1. The van der Waals surface area contributed by atoms with E-state index in [9.17, 15) is 4.79 Å². The molecule has 0 saturated carbocycles. The Balaban J connectivity index is 2.71. The van der Waals surface area contributed by atoms with Gasteiger partial charge in [0.1, 0.15) is 0 Å². The molecule has 0 aliphatic heterocycles. The Morgan fingerprint density at radius 3 is 2.89 bits per heavy atom. The molecule has 4 heteroatoms. The lowest BCUT2D eigenvalue weighted by molar-refractivity contribution is 0.0695. The van der Waals surface area contributed by atoms with Crippen LogP contribution in [0.25, 0.3) is 0 Å². The third kappa shape index (κ3) is 5.12. The summed E-state index contributed by atoms with van der Waals surface area (Å²) in [5.41, 5.74) is 6.60. The Labute approximate surface area is 114 Å². The molecule has 1 amide bonds. The largest absolute Gasteiger partial charge is 0.377 e. The molecule has 0 saturated heterocycles. The smallest absolute Gasteiger partial charge is 0.252 e. The normalized spacial score (nSPS) is 11.3. The lowest BCUT2D eigenvalue weighted by Crippen LogP contribution is -2.32. The van der Waals surface area contributed by atoms with Gasteiger partial charge in [-0.2, -0.15) is 0 Å². The van der Waals surface area contributed by atoms with Gasteiger partial charge in [-0.05, 0) is 26.0 Å². The molecule has 0 aromatic heterocycles. The summed E-state index contributed by atoms with van der Waals surface area (Å²) in [6.45, 7) is 5.23. The summed E-state index contributed by atoms with van der Waals surface area (Å²) in [7, 11) is 0. The average molecular weight is 260 g/mol. The van der Waals surface area contributed by atoms with Gasteiger partial charge in [-0.3, -0.25) is 4.79 Å². The van der Waals surface area contributed by atoms with Crippen LogP contribution in [0.2, 0.25) is 0 Å². The molecule has 0 radical (unpaired) electrons. The SMILES string of the molecule is CCOC(C)CNC(=O)c1ccccc1C#CCN. The van der Waals surface area contributed by atoms with Crippen molar-refractivity contribution in [2.45, 2.75) is 20.0 Å². The number of carbonyl (C=O) groups is 1. The molecule has 0 bridgehead atoms. The van der Waals surface area contributed by atoms with Gasteiger partial charge >= 0.3 is 0 Å². The Morgan fingerprint density at radius 1 is 1.47 bits per heavy atom. The highest BCUT2D eigenvalue weighted by Gasteiger charge is 2.10. The van der Waals surface area contributed by atoms with Gasteiger partial charge < -0.3 is 15.8 Å². The number of rotatable bonds is 5. The van der Waals surface area contributed by atoms with Crippen LogP contribution < -0.4 is 11.1 Å². The van der Waals surface area contributed by atoms with E-state index in [-0.39, 0.29) is 18.6 Å². The number of hydrogen-bond acceptors (Lipinski definition) is 3. The Bertz CT molecular complexity index is 475. The Morgan fingerprint density at radius 2 is 2.21 bits per heavy atom. The maximum absolute atomic E-state index is 12.1. The molecule has 1 aromatic rings. The minimum atomic E-state index is -0.145. The first-order chi connectivity index (χ1) is 9.19. The lowest BCUT2D eigenvalue weighted by Gasteiger charge is -2.13. The topological polar surface area (TPSA) is 64.3 Å². The first kappa shape index (κ1) is 15.2. The Hall–Kier alpha value is -1.83. The molecule has 0 heterocycles. The zero-order valence-corrected chi connectivity index (χ0v) is 11.4. The Kier molecular flexibility index (Phi) is 6.65. The second-order valence-electron chi connectivity index (χ2n) is 4.03. The maximum atomic E-state index is 12.1. The average Bonchev–Trinajstić information content (AvgIpc) is 2.43. The summed E-state index contributed by atoms with van der Waals surface area (Å²) in [6.07, 6.45) is -0.00348. The molecule has 1 unspecified atom stereocenters.